The van der Waals surface area contributed by atoms with Crippen molar-refractivity contribution in [2.75, 3.05) is 29.9 Å². The molecule has 27 heavy (non-hydrogen) atoms. The summed E-state index contributed by atoms with van der Waals surface area (Å²) in [5.41, 5.74) is 0.975. The van der Waals surface area contributed by atoms with Crippen LogP contribution >= 0.6 is 0 Å². The second-order valence-corrected chi connectivity index (χ2v) is 8.03. The average molecular weight is 372 g/mol. The highest BCUT2D eigenvalue weighted by Crippen LogP contribution is 2.24. The third-order valence-electron chi connectivity index (χ3n) is 5.31. The first kappa shape index (κ1) is 19.2. The molecule has 2 aliphatic heterocycles. The molecule has 7 heteroatoms. The van der Waals surface area contributed by atoms with Crippen LogP contribution in [0.15, 0.2) is 24.3 Å². The van der Waals surface area contributed by atoms with Crippen molar-refractivity contribution in [3.8, 4) is 0 Å². The molecule has 0 aliphatic carbocycles. The number of nitrogens with one attached hydrogen (secondary N) is 2. The zero-order chi connectivity index (χ0) is 19.6. The van der Waals surface area contributed by atoms with Crippen molar-refractivity contribution < 1.29 is 14.4 Å². The maximum atomic E-state index is 12.2. The van der Waals surface area contributed by atoms with E-state index in [1.807, 2.05) is 24.3 Å². The highest BCUT2D eigenvalue weighted by molar-refractivity contribution is 6.06. The molecule has 0 radical (unpaired) electrons. The number of anilines is 2. The molecule has 2 aliphatic rings. The zero-order valence-corrected chi connectivity index (χ0v) is 16.2. The van der Waals surface area contributed by atoms with Gasteiger partial charge in [-0.2, -0.15) is 0 Å². The topological polar surface area (TPSA) is 81.8 Å². The van der Waals surface area contributed by atoms with Gasteiger partial charge in [-0.25, -0.2) is 4.79 Å². The molecule has 1 aromatic carbocycles. The molecule has 2 heterocycles. The van der Waals surface area contributed by atoms with Crippen LogP contribution in [-0.4, -0.2) is 47.9 Å². The van der Waals surface area contributed by atoms with E-state index in [-0.39, 0.29) is 24.8 Å². The van der Waals surface area contributed by atoms with Crippen LogP contribution in [-0.2, 0) is 9.59 Å². The van der Waals surface area contributed by atoms with Gasteiger partial charge in [0, 0.05) is 37.4 Å². The molecular weight excluding hydrogens is 344 g/mol. The molecule has 0 unspecified atom stereocenters. The maximum Gasteiger partial charge on any atom is 0.325 e. The fourth-order valence-electron chi connectivity index (χ4n) is 3.48. The number of benzene rings is 1. The van der Waals surface area contributed by atoms with Gasteiger partial charge in [0.2, 0.25) is 5.91 Å². The van der Waals surface area contributed by atoms with Crippen molar-refractivity contribution in [3.05, 3.63) is 24.3 Å². The first-order valence-electron chi connectivity index (χ1n) is 9.55. The molecule has 2 fully saturated rings. The Morgan fingerprint density at radius 2 is 1.81 bits per heavy atom. The van der Waals surface area contributed by atoms with Gasteiger partial charge in [0.1, 0.15) is 5.54 Å². The first-order chi connectivity index (χ1) is 12.8. The summed E-state index contributed by atoms with van der Waals surface area (Å²) in [4.78, 5) is 39.6. The SMILES string of the molecule is CC1CCN(c2ccc(NC(=O)CCN3C(=O)NC(C)(C)C3=O)cc2)CC1. The minimum Gasteiger partial charge on any atom is -0.372 e. The molecule has 0 atom stereocenters. The van der Waals surface area contributed by atoms with Crippen molar-refractivity contribution >= 4 is 29.2 Å². The highest BCUT2D eigenvalue weighted by Gasteiger charge is 2.43. The van der Waals surface area contributed by atoms with Crippen LogP contribution < -0.4 is 15.5 Å². The van der Waals surface area contributed by atoms with Gasteiger partial charge in [-0.15, -0.1) is 0 Å². The standard InChI is InChI=1S/C20H28N4O3/c1-14-8-11-23(12-9-14)16-6-4-15(5-7-16)21-17(25)10-13-24-18(26)20(2,3)22-19(24)27/h4-7,14H,8-13H2,1-3H3,(H,21,25)(H,22,27). The second-order valence-electron chi connectivity index (χ2n) is 8.03. The van der Waals surface area contributed by atoms with E-state index in [0.717, 1.165) is 23.9 Å². The van der Waals surface area contributed by atoms with E-state index < -0.39 is 11.6 Å². The van der Waals surface area contributed by atoms with Gasteiger partial charge < -0.3 is 15.5 Å². The Hall–Kier alpha value is -2.57. The third-order valence-corrected chi connectivity index (χ3v) is 5.31. The molecule has 4 amide bonds. The van der Waals surface area contributed by atoms with E-state index in [1.54, 1.807) is 13.8 Å². The Balaban J connectivity index is 1.50. The highest BCUT2D eigenvalue weighted by atomic mass is 16.2. The minimum absolute atomic E-state index is 0.0704. The van der Waals surface area contributed by atoms with Gasteiger partial charge in [0.15, 0.2) is 0 Å². The third kappa shape index (κ3) is 4.40. The molecule has 0 aromatic heterocycles. The van der Waals surface area contributed by atoms with E-state index >= 15 is 0 Å². The van der Waals surface area contributed by atoms with Gasteiger partial charge in [-0.3, -0.25) is 14.5 Å². The quantitative estimate of drug-likeness (QED) is 0.779. The molecular formula is C20H28N4O3. The van der Waals surface area contributed by atoms with Crippen molar-refractivity contribution in [2.24, 2.45) is 5.92 Å². The number of piperidine rings is 1. The Bertz CT molecular complexity index is 721. The lowest BCUT2D eigenvalue weighted by Crippen LogP contribution is -2.40. The summed E-state index contributed by atoms with van der Waals surface area (Å²) in [6.45, 7) is 7.79. The Morgan fingerprint density at radius 3 is 2.37 bits per heavy atom. The molecule has 1 aromatic rings. The molecule has 2 N–H and O–H groups in total. The van der Waals surface area contributed by atoms with E-state index in [4.69, 9.17) is 0 Å². The van der Waals surface area contributed by atoms with Crippen molar-refractivity contribution in [3.63, 3.8) is 0 Å². The molecule has 0 spiro atoms. The van der Waals surface area contributed by atoms with Gasteiger partial charge in [-0.05, 0) is 56.9 Å². The average Bonchev–Trinajstić information content (AvgIpc) is 2.82. The monoisotopic (exact) mass is 372 g/mol. The lowest BCUT2D eigenvalue weighted by molar-refractivity contribution is -0.130. The van der Waals surface area contributed by atoms with Crippen LogP contribution in [0.4, 0.5) is 16.2 Å². The predicted octanol–water partition coefficient (Wildman–Crippen LogP) is 2.58. The molecule has 0 bridgehead atoms. The molecule has 0 saturated carbocycles. The number of imide groups is 1. The van der Waals surface area contributed by atoms with Crippen LogP contribution in [0.2, 0.25) is 0 Å². The summed E-state index contributed by atoms with van der Waals surface area (Å²) in [5, 5.41) is 5.43. The van der Waals surface area contributed by atoms with E-state index in [1.165, 1.54) is 18.5 Å². The first-order valence-corrected chi connectivity index (χ1v) is 9.55. The molecule has 2 saturated heterocycles. The van der Waals surface area contributed by atoms with Gasteiger partial charge >= 0.3 is 6.03 Å². The van der Waals surface area contributed by atoms with E-state index in [2.05, 4.69) is 22.5 Å². The Labute approximate surface area is 160 Å². The fraction of sp³-hybridized carbons (Fsp3) is 0.550. The zero-order valence-electron chi connectivity index (χ0n) is 16.2. The Morgan fingerprint density at radius 1 is 1.19 bits per heavy atom. The summed E-state index contributed by atoms with van der Waals surface area (Å²) in [6.07, 6.45) is 2.48. The van der Waals surface area contributed by atoms with Crippen molar-refractivity contribution in [2.45, 2.75) is 45.6 Å². The van der Waals surface area contributed by atoms with Crippen LogP contribution in [0.5, 0.6) is 0 Å². The summed E-state index contributed by atoms with van der Waals surface area (Å²) in [5.74, 6) is 0.260. The van der Waals surface area contributed by atoms with Crippen LogP contribution in [0.1, 0.15) is 40.0 Å². The second kappa shape index (κ2) is 7.58. The predicted molar refractivity (Wildman–Crippen MR) is 105 cm³/mol. The molecule has 146 valence electrons. The van der Waals surface area contributed by atoms with E-state index in [0.29, 0.717) is 5.69 Å². The van der Waals surface area contributed by atoms with Gasteiger partial charge in [0.05, 0.1) is 0 Å². The smallest absolute Gasteiger partial charge is 0.325 e. The number of amides is 4. The summed E-state index contributed by atoms with van der Waals surface area (Å²) in [6, 6.07) is 7.37. The number of rotatable bonds is 5. The fourth-order valence-corrected chi connectivity index (χ4v) is 3.48. The number of carbonyl (C=O) groups is 3. The minimum atomic E-state index is -0.907. The normalized spacial score (nSPS) is 20.0. The van der Waals surface area contributed by atoms with Crippen molar-refractivity contribution in [1.82, 2.24) is 10.2 Å². The number of carbonyl (C=O) groups excluding carboxylic acids is 3. The Kier molecular flexibility index (Phi) is 5.39. The number of hydrogen-bond acceptors (Lipinski definition) is 4. The molecule has 7 nitrogen and oxygen atoms in total. The van der Waals surface area contributed by atoms with Gasteiger partial charge in [-0.1, -0.05) is 6.92 Å². The molecule has 3 rings (SSSR count). The van der Waals surface area contributed by atoms with Crippen LogP contribution in [0, 0.1) is 5.92 Å². The summed E-state index contributed by atoms with van der Waals surface area (Å²) in [7, 11) is 0. The maximum absolute atomic E-state index is 12.2. The summed E-state index contributed by atoms with van der Waals surface area (Å²) >= 11 is 0. The van der Waals surface area contributed by atoms with Crippen molar-refractivity contribution in [1.29, 1.82) is 0 Å². The van der Waals surface area contributed by atoms with Crippen LogP contribution in [0.3, 0.4) is 0 Å². The van der Waals surface area contributed by atoms with Crippen LogP contribution in [0.25, 0.3) is 0 Å². The number of hydrogen-bond donors (Lipinski definition) is 2. The largest absolute Gasteiger partial charge is 0.372 e. The number of nitrogens with zero attached hydrogens (tertiary/aromatic N) is 2. The lowest BCUT2D eigenvalue weighted by Gasteiger charge is -2.32. The summed E-state index contributed by atoms with van der Waals surface area (Å²) < 4.78 is 0. The lowest BCUT2D eigenvalue weighted by atomic mass is 9.99. The van der Waals surface area contributed by atoms with E-state index in [9.17, 15) is 14.4 Å². The number of urea groups is 1. The van der Waals surface area contributed by atoms with Gasteiger partial charge in [0.25, 0.3) is 5.91 Å².